The number of hydrogen-bond donors (Lipinski definition) is 0. The van der Waals surface area contributed by atoms with Gasteiger partial charge in [0.1, 0.15) is 5.82 Å². The van der Waals surface area contributed by atoms with Crippen LogP contribution >= 0.6 is 11.6 Å². The average Bonchev–Trinajstić information content (AvgIpc) is 3.29. The maximum Gasteiger partial charge on any atom is 0.228 e. The molecule has 2 heterocycles. The molecule has 0 N–H and O–H groups in total. The minimum atomic E-state index is -0.531. The second-order valence-electron chi connectivity index (χ2n) is 9.09. The lowest BCUT2D eigenvalue weighted by Gasteiger charge is -2.40. The van der Waals surface area contributed by atoms with Crippen LogP contribution in [0.5, 0.6) is 0 Å². The zero-order valence-corrected chi connectivity index (χ0v) is 20.1. The van der Waals surface area contributed by atoms with Crippen LogP contribution in [0.3, 0.4) is 0 Å². The van der Waals surface area contributed by atoms with Crippen molar-refractivity contribution in [1.29, 1.82) is 0 Å². The highest BCUT2D eigenvalue weighted by Gasteiger charge is 2.38. The number of piperazine rings is 1. The van der Waals surface area contributed by atoms with Crippen molar-refractivity contribution in [3.63, 3.8) is 0 Å². The van der Waals surface area contributed by atoms with Crippen molar-refractivity contribution >= 4 is 29.1 Å². The standard InChI is InChI=1S/C28H27ClFN3O2/c29-24-18-23(11-12-25(24)30)33-19-22(17-26(33)34)28(35)32-15-13-31(14-16-32)27(20-7-3-1-4-8-20)21-9-5-2-6-10-21/h1-12,18,22,27H,13-17,19H2/t22-/m0/s1. The molecule has 2 amide bonds. The number of carbonyl (C=O) groups excluding carboxylic acids is 2. The number of halogens is 2. The van der Waals surface area contributed by atoms with E-state index in [1.807, 2.05) is 17.0 Å². The molecule has 0 aliphatic carbocycles. The first-order chi connectivity index (χ1) is 17.0. The van der Waals surface area contributed by atoms with Gasteiger partial charge in [-0.15, -0.1) is 0 Å². The second-order valence-corrected chi connectivity index (χ2v) is 9.50. The highest BCUT2D eigenvalue weighted by Crippen LogP contribution is 2.32. The Kier molecular flexibility index (Phi) is 6.84. The molecule has 0 spiro atoms. The molecule has 2 fully saturated rings. The quantitative estimate of drug-likeness (QED) is 0.516. The first kappa shape index (κ1) is 23.5. The van der Waals surface area contributed by atoms with E-state index in [9.17, 15) is 14.0 Å². The summed E-state index contributed by atoms with van der Waals surface area (Å²) in [6.07, 6.45) is 0.157. The number of anilines is 1. The molecule has 0 saturated carbocycles. The van der Waals surface area contributed by atoms with Gasteiger partial charge in [-0.3, -0.25) is 14.5 Å². The van der Waals surface area contributed by atoms with Gasteiger partial charge in [0.2, 0.25) is 11.8 Å². The van der Waals surface area contributed by atoms with Crippen LogP contribution in [-0.2, 0) is 9.59 Å². The SMILES string of the molecule is O=C([C@H]1CC(=O)N(c2ccc(F)c(Cl)c2)C1)N1CCN(C(c2ccccc2)c2ccccc2)CC1. The van der Waals surface area contributed by atoms with Crippen LogP contribution in [0.1, 0.15) is 23.6 Å². The van der Waals surface area contributed by atoms with Gasteiger partial charge in [-0.05, 0) is 29.3 Å². The molecular weight excluding hydrogens is 465 g/mol. The van der Waals surface area contributed by atoms with Gasteiger partial charge in [0.15, 0.2) is 0 Å². The fraction of sp³-hybridized carbons (Fsp3) is 0.286. The van der Waals surface area contributed by atoms with Crippen LogP contribution in [0.2, 0.25) is 5.02 Å². The lowest BCUT2D eigenvalue weighted by Crippen LogP contribution is -2.51. The molecule has 2 saturated heterocycles. The highest BCUT2D eigenvalue weighted by molar-refractivity contribution is 6.31. The van der Waals surface area contributed by atoms with Crippen molar-refractivity contribution < 1.29 is 14.0 Å². The van der Waals surface area contributed by atoms with Gasteiger partial charge in [0.05, 0.1) is 17.0 Å². The monoisotopic (exact) mass is 491 g/mol. The van der Waals surface area contributed by atoms with Crippen molar-refractivity contribution in [2.75, 3.05) is 37.6 Å². The van der Waals surface area contributed by atoms with Crippen LogP contribution in [-0.4, -0.2) is 54.3 Å². The van der Waals surface area contributed by atoms with E-state index in [1.165, 1.54) is 34.2 Å². The van der Waals surface area contributed by atoms with Gasteiger partial charge in [-0.1, -0.05) is 72.3 Å². The Morgan fingerprint density at radius 2 is 1.49 bits per heavy atom. The summed E-state index contributed by atoms with van der Waals surface area (Å²) in [5, 5.41) is -0.0346. The number of amides is 2. The fourth-order valence-electron chi connectivity index (χ4n) is 5.12. The maximum absolute atomic E-state index is 13.5. The number of carbonyl (C=O) groups is 2. The Morgan fingerprint density at radius 1 is 0.886 bits per heavy atom. The second kappa shape index (κ2) is 10.2. The summed E-state index contributed by atoms with van der Waals surface area (Å²) in [6.45, 7) is 3.01. The van der Waals surface area contributed by atoms with E-state index in [0.717, 1.165) is 13.1 Å². The van der Waals surface area contributed by atoms with E-state index in [1.54, 1.807) is 0 Å². The number of benzene rings is 3. The molecule has 0 radical (unpaired) electrons. The van der Waals surface area contributed by atoms with Gasteiger partial charge in [-0.2, -0.15) is 0 Å². The summed E-state index contributed by atoms with van der Waals surface area (Å²) in [5.74, 6) is -1.07. The minimum Gasteiger partial charge on any atom is -0.340 e. The number of hydrogen-bond acceptors (Lipinski definition) is 3. The molecule has 2 aliphatic rings. The average molecular weight is 492 g/mol. The first-order valence-corrected chi connectivity index (χ1v) is 12.3. The third-order valence-electron chi connectivity index (χ3n) is 6.91. The normalized spacial score (nSPS) is 18.9. The van der Waals surface area contributed by atoms with Crippen LogP contribution in [0.15, 0.2) is 78.9 Å². The molecule has 2 aliphatic heterocycles. The summed E-state index contributed by atoms with van der Waals surface area (Å²) in [7, 11) is 0. The van der Waals surface area contributed by atoms with E-state index in [4.69, 9.17) is 11.6 Å². The minimum absolute atomic E-state index is 0.00433. The first-order valence-electron chi connectivity index (χ1n) is 11.9. The summed E-state index contributed by atoms with van der Waals surface area (Å²) in [5.41, 5.74) is 2.98. The summed E-state index contributed by atoms with van der Waals surface area (Å²) in [6, 6.07) is 25.2. The van der Waals surface area contributed by atoms with E-state index in [0.29, 0.717) is 18.8 Å². The molecule has 1 atom stereocenters. The third kappa shape index (κ3) is 4.95. The van der Waals surface area contributed by atoms with Crippen LogP contribution < -0.4 is 4.90 Å². The van der Waals surface area contributed by atoms with E-state index in [2.05, 4.69) is 53.4 Å². The van der Waals surface area contributed by atoms with E-state index in [-0.39, 0.29) is 35.8 Å². The molecule has 3 aromatic rings. The molecule has 5 nitrogen and oxygen atoms in total. The molecule has 0 bridgehead atoms. The summed E-state index contributed by atoms with van der Waals surface area (Å²) < 4.78 is 13.5. The number of rotatable bonds is 5. The van der Waals surface area contributed by atoms with Gasteiger partial charge >= 0.3 is 0 Å². The molecule has 180 valence electrons. The van der Waals surface area contributed by atoms with E-state index < -0.39 is 11.7 Å². The molecule has 3 aromatic carbocycles. The zero-order valence-electron chi connectivity index (χ0n) is 19.3. The van der Waals surface area contributed by atoms with Gasteiger partial charge in [-0.25, -0.2) is 4.39 Å². The van der Waals surface area contributed by atoms with Gasteiger partial charge in [0, 0.05) is 44.8 Å². The van der Waals surface area contributed by atoms with Crippen molar-refractivity contribution in [2.24, 2.45) is 5.92 Å². The Bertz CT molecular complexity index is 1160. The Balaban J connectivity index is 1.25. The Hall–Kier alpha value is -3.22. The predicted octanol–water partition coefficient (Wildman–Crippen LogP) is 4.77. The predicted molar refractivity (Wildman–Crippen MR) is 135 cm³/mol. The maximum atomic E-state index is 13.5. The molecule has 35 heavy (non-hydrogen) atoms. The number of nitrogens with zero attached hydrogens (tertiary/aromatic N) is 3. The molecule has 0 aromatic heterocycles. The van der Waals surface area contributed by atoms with Crippen LogP contribution in [0.25, 0.3) is 0 Å². The van der Waals surface area contributed by atoms with Gasteiger partial charge in [0.25, 0.3) is 0 Å². The van der Waals surface area contributed by atoms with Crippen molar-refractivity contribution in [1.82, 2.24) is 9.80 Å². The fourth-order valence-corrected chi connectivity index (χ4v) is 5.29. The van der Waals surface area contributed by atoms with Crippen LogP contribution in [0.4, 0.5) is 10.1 Å². The lowest BCUT2D eigenvalue weighted by atomic mass is 9.96. The third-order valence-corrected chi connectivity index (χ3v) is 7.20. The van der Waals surface area contributed by atoms with Crippen LogP contribution in [0, 0.1) is 11.7 Å². The van der Waals surface area contributed by atoms with Gasteiger partial charge < -0.3 is 9.80 Å². The van der Waals surface area contributed by atoms with Crippen molar-refractivity contribution in [3.8, 4) is 0 Å². The van der Waals surface area contributed by atoms with Crippen molar-refractivity contribution in [3.05, 3.63) is 101 Å². The van der Waals surface area contributed by atoms with Crippen molar-refractivity contribution in [2.45, 2.75) is 12.5 Å². The summed E-state index contributed by atoms with van der Waals surface area (Å²) in [4.78, 5) is 31.8. The molecule has 0 unspecified atom stereocenters. The molecular formula is C28H27ClFN3O2. The zero-order chi connectivity index (χ0) is 24.4. The molecule has 7 heteroatoms. The largest absolute Gasteiger partial charge is 0.340 e. The Morgan fingerprint density at radius 3 is 2.06 bits per heavy atom. The topological polar surface area (TPSA) is 43.9 Å². The smallest absolute Gasteiger partial charge is 0.228 e. The lowest BCUT2D eigenvalue weighted by molar-refractivity contribution is -0.137. The highest BCUT2D eigenvalue weighted by atomic mass is 35.5. The Labute approximate surface area is 209 Å². The molecule has 5 rings (SSSR count). The summed E-state index contributed by atoms with van der Waals surface area (Å²) >= 11 is 5.90. The van der Waals surface area contributed by atoms with E-state index >= 15 is 0 Å².